The Balaban J connectivity index is 2.02. The molecule has 2 rings (SSSR count). The zero-order valence-electron chi connectivity index (χ0n) is 9.56. The number of amides is 3. The topological polar surface area (TPSA) is 72.9 Å². The smallest absolute Gasteiger partial charge is 0.317 e. The van der Waals surface area contributed by atoms with E-state index in [-0.39, 0.29) is 18.0 Å². The van der Waals surface area contributed by atoms with Gasteiger partial charge in [0.05, 0.1) is 6.04 Å². The van der Waals surface area contributed by atoms with Crippen LogP contribution in [0, 0.1) is 0 Å². The normalized spacial score (nSPS) is 25.4. The van der Waals surface area contributed by atoms with Crippen LogP contribution < -0.4 is 5.32 Å². The average Bonchev–Trinajstić information content (AvgIpc) is 2.57. The standard InChI is InChI=1S/C10H17N3O3/c1-10(2,16)8(14)12-3-4-13-7(6-12)5-11-9(13)15/h7,16H,3-6H2,1-2H3,(H,11,15). The van der Waals surface area contributed by atoms with Gasteiger partial charge in [0, 0.05) is 26.2 Å². The van der Waals surface area contributed by atoms with Gasteiger partial charge in [0.1, 0.15) is 5.60 Å². The van der Waals surface area contributed by atoms with Crippen molar-refractivity contribution in [1.82, 2.24) is 15.1 Å². The summed E-state index contributed by atoms with van der Waals surface area (Å²) in [5.74, 6) is -0.272. The Bertz CT molecular complexity index is 324. The molecule has 6 nitrogen and oxygen atoms in total. The van der Waals surface area contributed by atoms with Crippen LogP contribution in [-0.2, 0) is 4.79 Å². The van der Waals surface area contributed by atoms with Crippen LogP contribution in [0.3, 0.4) is 0 Å². The lowest BCUT2D eigenvalue weighted by Gasteiger charge is -2.38. The molecule has 0 radical (unpaired) electrons. The number of hydrogen-bond acceptors (Lipinski definition) is 3. The highest BCUT2D eigenvalue weighted by atomic mass is 16.3. The minimum absolute atomic E-state index is 0.0487. The molecule has 0 aliphatic carbocycles. The van der Waals surface area contributed by atoms with Crippen LogP contribution in [0.1, 0.15) is 13.8 Å². The number of carbonyl (C=O) groups is 2. The van der Waals surface area contributed by atoms with Gasteiger partial charge in [-0.3, -0.25) is 4.79 Å². The largest absolute Gasteiger partial charge is 0.381 e. The molecule has 2 aliphatic heterocycles. The van der Waals surface area contributed by atoms with Crippen LogP contribution in [0.5, 0.6) is 0 Å². The van der Waals surface area contributed by atoms with Crippen molar-refractivity contribution in [2.75, 3.05) is 26.2 Å². The van der Waals surface area contributed by atoms with Gasteiger partial charge in [0.2, 0.25) is 0 Å². The molecular weight excluding hydrogens is 210 g/mol. The number of fused-ring (bicyclic) bond motifs is 1. The molecule has 2 fully saturated rings. The SMILES string of the molecule is CC(C)(O)C(=O)N1CCN2C(=O)NCC2C1. The summed E-state index contributed by atoms with van der Waals surface area (Å²) >= 11 is 0. The number of piperazine rings is 1. The third-order valence-corrected chi connectivity index (χ3v) is 3.04. The fourth-order valence-electron chi connectivity index (χ4n) is 2.18. The van der Waals surface area contributed by atoms with Gasteiger partial charge in [-0.1, -0.05) is 0 Å². The van der Waals surface area contributed by atoms with E-state index in [4.69, 9.17) is 0 Å². The number of urea groups is 1. The number of nitrogens with one attached hydrogen (secondary N) is 1. The molecule has 2 aliphatic rings. The van der Waals surface area contributed by atoms with E-state index in [0.717, 1.165) is 0 Å². The van der Waals surface area contributed by atoms with E-state index >= 15 is 0 Å². The number of hydrogen-bond donors (Lipinski definition) is 2. The summed E-state index contributed by atoms with van der Waals surface area (Å²) < 4.78 is 0. The monoisotopic (exact) mass is 227 g/mol. The van der Waals surface area contributed by atoms with E-state index in [0.29, 0.717) is 26.2 Å². The molecule has 90 valence electrons. The van der Waals surface area contributed by atoms with E-state index < -0.39 is 5.60 Å². The van der Waals surface area contributed by atoms with Crippen LogP contribution >= 0.6 is 0 Å². The maximum absolute atomic E-state index is 11.8. The molecule has 2 saturated heterocycles. The first-order valence-corrected chi connectivity index (χ1v) is 5.46. The molecule has 0 spiro atoms. The highest BCUT2D eigenvalue weighted by molar-refractivity contribution is 5.85. The van der Waals surface area contributed by atoms with Crippen molar-refractivity contribution < 1.29 is 14.7 Å². The quantitative estimate of drug-likeness (QED) is 0.603. The third-order valence-electron chi connectivity index (χ3n) is 3.04. The molecule has 1 unspecified atom stereocenters. The Hall–Kier alpha value is -1.30. The molecule has 0 aromatic rings. The molecule has 0 saturated carbocycles. The predicted octanol–water partition coefficient (Wildman–Crippen LogP) is -1.01. The number of nitrogens with zero attached hydrogens (tertiary/aromatic N) is 2. The molecular formula is C10H17N3O3. The fraction of sp³-hybridized carbons (Fsp3) is 0.800. The lowest BCUT2D eigenvalue weighted by Crippen LogP contribution is -2.57. The summed E-state index contributed by atoms with van der Waals surface area (Å²) in [5.41, 5.74) is -1.34. The Morgan fingerprint density at radius 2 is 2.19 bits per heavy atom. The Morgan fingerprint density at radius 3 is 2.81 bits per heavy atom. The maximum atomic E-state index is 11.8. The van der Waals surface area contributed by atoms with Crippen molar-refractivity contribution in [3.63, 3.8) is 0 Å². The van der Waals surface area contributed by atoms with Crippen molar-refractivity contribution in [2.24, 2.45) is 0 Å². The molecule has 2 N–H and O–H groups in total. The van der Waals surface area contributed by atoms with Gasteiger partial charge in [-0.25, -0.2) is 4.79 Å². The summed E-state index contributed by atoms with van der Waals surface area (Å²) in [5, 5.41) is 12.4. The van der Waals surface area contributed by atoms with Crippen LogP contribution in [0.25, 0.3) is 0 Å². The molecule has 0 aromatic carbocycles. The summed E-state index contributed by atoms with van der Waals surface area (Å²) in [7, 11) is 0. The predicted molar refractivity (Wildman–Crippen MR) is 56.8 cm³/mol. The highest BCUT2D eigenvalue weighted by Crippen LogP contribution is 2.17. The zero-order valence-corrected chi connectivity index (χ0v) is 9.56. The van der Waals surface area contributed by atoms with Crippen LogP contribution in [0.4, 0.5) is 4.79 Å². The van der Waals surface area contributed by atoms with Crippen molar-refractivity contribution >= 4 is 11.9 Å². The zero-order chi connectivity index (χ0) is 11.9. The van der Waals surface area contributed by atoms with Gasteiger partial charge in [-0.2, -0.15) is 0 Å². The van der Waals surface area contributed by atoms with Crippen molar-refractivity contribution in [1.29, 1.82) is 0 Å². The van der Waals surface area contributed by atoms with E-state index in [1.807, 2.05) is 0 Å². The summed E-state index contributed by atoms with van der Waals surface area (Å²) in [6, 6.07) is -0.00657. The highest BCUT2D eigenvalue weighted by Gasteiger charge is 2.39. The number of aliphatic hydroxyl groups is 1. The minimum atomic E-state index is -1.34. The molecule has 6 heteroatoms. The van der Waals surface area contributed by atoms with E-state index in [1.165, 1.54) is 13.8 Å². The van der Waals surface area contributed by atoms with Gasteiger partial charge in [-0.15, -0.1) is 0 Å². The molecule has 2 heterocycles. The van der Waals surface area contributed by atoms with Gasteiger partial charge >= 0.3 is 6.03 Å². The summed E-state index contributed by atoms with van der Waals surface area (Å²) in [4.78, 5) is 26.6. The first-order valence-electron chi connectivity index (χ1n) is 5.46. The van der Waals surface area contributed by atoms with E-state index in [1.54, 1.807) is 9.80 Å². The second-order valence-electron chi connectivity index (χ2n) is 4.84. The van der Waals surface area contributed by atoms with Crippen molar-refractivity contribution in [2.45, 2.75) is 25.5 Å². The molecule has 16 heavy (non-hydrogen) atoms. The van der Waals surface area contributed by atoms with Crippen LogP contribution in [0.2, 0.25) is 0 Å². The molecule has 0 bridgehead atoms. The fourth-order valence-corrected chi connectivity index (χ4v) is 2.18. The molecule has 1 atom stereocenters. The molecule has 3 amide bonds. The summed E-state index contributed by atoms with van der Waals surface area (Å²) in [6.45, 7) is 5.08. The Kier molecular flexibility index (Phi) is 2.53. The Morgan fingerprint density at radius 1 is 1.50 bits per heavy atom. The first kappa shape index (κ1) is 11.2. The van der Waals surface area contributed by atoms with Gasteiger partial charge in [0.15, 0.2) is 0 Å². The van der Waals surface area contributed by atoms with Crippen LogP contribution in [0.15, 0.2) is 0 Å². The average molecular weight is 227 g/mol. The second-order valence-corrected chi connectivity index (χ2v) is 4.84. The maximum Gasteiger partial charge on any atom is 0.317 e. The second kappa shape index (κ2) is 3.62. The van der Waals surface area contributed by atoms with Gasteiger partial charge in [0.25, 0.3) is 5.91 Å². The van der Waals surface area contributed by atoms with Crippen molar-refractivity contribution in [3.8, 4) is 0 Å². The third kappa shape index (κ3) is 1.84. The molecule has 0 aromatic heterocycles. The van der Waals surface area contributed by atoms with Gasteiger partial charge in [-0.05, 0) is 13.8 Å². The summed E-state index contributed by atoms with van der Waals surface area (Å²) in [6.07, 6.45) is 0. The van der Waals surface area contributed by atoms with E-state index in [9.17, 15) is 14.7 Å². The van der Waals surface area contributed by atoms with Crippen LogP contribution in [-0.4, -0.2) is 64.7 Å². The Labute approximate surface area is 94.2 Å². The van der Waals surface area contributed by atoms with Gasteiger partial charge < -0.3 is 20.2 Å². The minimum Gasteiger partial charge on any atom is -0.381 e. The number of carbonyl (C=O) groups excluding carboxylic acids is 2. The van der Waals surface area contributed by atoms with E-state index in [2.05, 4.69) is 5.32 Å². The van der Waals surface area contributed by atoms with Crippen molar-refractivity contribution in [3.05, 3.63) is 0 Å². The lowest BCUT2D eigenvalue weighted by atomic mass is 10.1. The lowest BCUT2D eigenvalue weighted by molar-refractivity contribution is -0.150. The number of rotatable bonds is 1. The first-order chi connectivity index (χ1) is 7.39.